The van der Waals surface area contributed by atoms with Gasteiger partial charge in [0.15, 0.2) is 0 Å². The van der Waals surface area contributed by atoms with Gasteiger partial charge in [0.2, 0.25) is 5.91 Å². The molecule has 0 saturated carbocycles. The molecular weight excluding hydrogens is 394 g/mol. The number of carbonyl (C=O) groups is 2. The molecule has 2 N–H and O–H groups in total. The minimum absolute atomic E-state index is 0.0852. The minimum Gasteiger partial charge on any atom is -0.383 e. The van der Waals surface area contributed by atoms with Crippen molar-refractivity contribution in [2.75, 3.05) is 38.7 Å². The largest absolute Gasteiger partial charge is 0.383 e. The summed E-state index contributed by atoms with van der Waals surface area (Å²) in [6.45, 7) is 13.2. The molecule has 0 aliphatic rings. The summed E-state index contributed by atoms with van der Waals surface area (Å²) in [5.41, 5.74) is 3.79. The molecule has 1 aromatic carbocycles. The molecule has 1 heterocycles. The van der Waals surface area contributed by atoms with E-state index in [9.17, 15) is 9.59 Å². The Hall–Kier alpha value is -2.87. The van der Waals surface area contributed by atoms with Crippen LogP contribution in [0.2, 0.25) is 0 Å². The van der Waals surface area contributed by atoms with E-state index < -0.39 is 0 Å². The summed E-state index contributed by atoms with van der Waals surface area (Å²) in [5, 5.41) is 10.5. The number of anilines is 1. The van der Waals surface area contributed by atoms with Gasteiger partial charge in [0.1, 0.15) is 12.4 Å². The third-order valence-electron chi connectivity index (χ3n) is 4.84. The van der Waals surface area contributed by atoms with Crippen molar-refractivity contribution in [3.05, 3.63) is 41.1 Å². The first-order chi connectivity index (χ1) is 14.6. The Morgan fingerprint density at radius 3 is 2.48 bits per heavy atom. The van der Waals surface area contributed by atoms with E-state index in [1.807, 2.05) is 39.0 Å². The van der Waals surface area contributed by atoms with Gasteiger partial charge in [-0.1, -0.05) is 38.5 Å². The molecule has 0 radical (unpaired) electrons. The van der Waals surface area contributed by atoms with Crippen LogP contribution in [0.5, 0.6) is 0 Å². The predicted octanol–water partition coefficient (Wildman–Crippen LogP) is 3.40. The summed E-state index contributed by atoms with van der Waals surface area (Å²) in [6, 6.07) is 7.70. The molecule has 0 fully saturated rings. The van der Waals surface area contributed by atoms with Crippen LogP contribution in [0.1, 0.15) is 44.5 Å². The Morgan fingerprint density at radius 1 is 1.19 bits per heavy atom. The minimum atomic E-state index is -0.298. The maximum atomic E-state index is 12.9. The molecule has 0 atom stereocenters. The molecule has 170 valence electrons. The number of benzene rings is 1. The summed E-state index contributed by atoms with van der Waals surface area (Å²) < 4.78 is 6.84. The van der Waals surface area contributed by atoms with Crippen LogP contribution in [0.4, 0.5) is 10.6 Å². The Labute approximate surface area is 185 Å². The van der Waals surface area contributed by atoms with Gasteiger partial charge in [-0.15, -0.1) is 0 Å². The van der Waals surface area contributed by atoms with Gasteiger partial charge in [-0.05, 0) is 32.4 Å². The number of hydrogen-bond donors (Lipinski definition) is 2. The zero-order chi connectivity index (χ0) is 23.2. The quantitative estimate of drug-likeness (QED) is 0.673. The third-order valence-corrected chi connectivity index (χ3v) is 4.84. The van der Waals surface area contributed by atoms with Gasteiger partial charge in [-0.25, -0.2) is 9.48 Å². The lowest BCUT2D eigenvalue weighted by Gasteiger charge is -2.22. The number of ether oxygens (including phenoxy) is 1. The molecule has 2 rings (SSSR count). The maximum absolute atomic E-state index is 12.9. The zero-order valence-corrected chi connectivity index (χ0v) is 19.7. The maximum Gasteiger partial charge on any atom is 0.317 e. The number of amides is 3. The molecule has 8 nitrogen and oxygen atoms in total. The van der Waals surface area contributed by atoms with E-state index in [4.69, 9.17) is 9.84 Å². The number of urea groups is 1. The first-order valence-electron chi connectivity index (χ1n) is 10.6. The standard InChI is InChI=1S/C23H35N5O3/c1-8-24-22(30)27(11-12-31-7)15-21(29)25-20-14-19(23(4,5)6)26-28(20)18-10-9-16(2)13-17(18)3/h9-10,13-14H,8,11-12,15H2,1-7H3,(H,24,30)(H,25,29). The molecule has 1 aromatic heterocycles. The van der Waals surface area contributed by atoms with Crippen molar-refractivity contribution < 1.29 is 14.3 Å². The second-order valence-electron chi connectivity index (χ2n) is 8.66. The first kappa shape index (κ1) is 24.4. The molecule has 0 spiro atoms. The second kappa shape index (κ2) is 10.4. The number of rotatable bonds is 8. The number of aromatic nitrogens is 2. The molecule has 3 amide bonds. The highest BCUT2D eigenvalue weighted by atomic mass is 16.5. The molecule has 2 aromatic rings. The van der Waals surface area contributed by atoms with Gasteiger partial charge >= 0.3 is 6.03 Å². The van der Waals surface area contributed by atoms with Gasteiger partial charge < -0.3 is 20.3 Å². The Bertz CT molecular complexity index is 914. The zero-order valence-electron chi connectivity index (χ0n) is 19.7. The van der Waals surface area contributed by atoms with Crippen molar-refractivity contribution in [2.45, 2.75) is 47.0 Å². The molecule has 0 aliphatic heterocycles. The molecular formula is C23H35N5O3. The second-order valence-corrected chi connectivity index (χ2v) is 8.66. The van der Waals surface area contributed by atoms with Crippen LogP contribution in [-0.2, 0) is 14.9 Å². The number of nitrogens with one attached hydrogen (secondary N) is 2. The number of aryl methyl sites for hydroxylation is 2. The number of hydrogen-bond acceptors (Lipinski definition) is 4. The van der Waals surface area contributed by atoms with Crippen molar-refractivity contribution in [3.8, 4) is 5.69 Å². The van der Waals surface area contributed by atoms with Gasteiger partial charge in [-0.2, -0.15) is 5.10 Å². The van der Waals surface area contributed by atoms with E-state index >= 15 is 0 Å². The highest BCUT2D eigenvalue weighted by molar-refractivity contribution is 5.94. The highest BCUT2D eigenvalue weighted by Crippen LogP contribution is 2.27. The van der Waals surface area contributed by atoms with Crippen LogP contribution in [0.15, 0.2) is 24.3 Å². The van der Waals surface area contributed by atoms with Gasteiger partial charge in [0.25, 0.3) is 0 Å². The number of nitrogens with zero attached hydrogens (tertiary/aromatic N) is 3. The lowest BCUT2D eigenvalue weighted by Crippen LogP contribution is -2.45. The van der Waals surface area contributed by atoms with Crippen LogP contribution < -0.4 is 10.6 Å². The fourth-order valence-corrected chi connectivity index (χ4v) is 3.14. The van der Waals surface area contributed by atoms with Crippen LogP contribution in [0, 0.1) is 13.8 Å². The van der Waals surface area contributed by atoms with E-state index in [0.29, 0.717) is 25.5 Å². The highest BCUT2D eigenvalue weighted by Gasteiger charge is 2.23. The van der Waals surface area contributed by atoms with Crippen LogP contribution in [0.25, 0.3) is 5.69 Å². The van der Waals surface area contributed by atoms with Crippen molar-refractivity contribution in [1.29, 1.82) is 0 Å². The topological polar surface area (TPSA) is 88.5 Å². The van der Waals surface area contributed by atoms with Crippen molar-refractivity contribution in [1.82, 2.24) is 20.0 Å². The summed E-state index contributed by atoms with van der Waals surface area (Å²) in [6.07, 6.45) is 0. The molecule has 8 heteroatoms. The average Bonchev–Trinajstić information content (AvgIpc) is 3.09. The van der Waals surface area contributed by atoms with Gasteiger partial charge in [-0.3, -0.25) is 4.79 Å². The monoisotopic (exact) mass is 429 g/mol. The average molecular weight is 430 g/mol. The first-order valence-corrected chi connectivity index (χ1v) is 10.6. The normalized spacial score (nSPS) is 11.3. The summed E-state index contributed by atoms with van der Waals surface area (Å²) in [4.78, 5) is 26.6. The SMILES string of the molecule is CCNC(=O)N(CCOC)CC(=O)Nc1cc(C(C)(C)C)nn1-c1ccc(C)cc1C. The number of carbonyl (C=O) groups excluding carboxylic acids is 2. The fourth-order valence-electron chi connectivity index (χ4n) is 3.14. The van der Waals surface area contributed by atoms with Crippen LogP contribution >= 0.6 is 0 Å². The molecule has 0 bridgehead atoms. The van der Waals surface area contributed by atoms with E-state index in [1.54, 1.807) is 11.8 Å². The van der Waals surface area contributed by atoms with Crippen molar-refractivity contribution in [2.24, 2.45) is 0 Å². The van der Waals surface area contributed by atoms with Crippen LogP contribution in [0.3, 0.4) is 0 Å². The Morgan fingerprint density at radius 2 is 1.90 bits per heavy atom. The van der Waals surface area contributed by atoms with Gasteiger partial charge in [0, 0.05) is 31.7 Å². The number of methoxy groups -OCH3 is 1. The van der Waals surface area contributed by atoms with E-state index in [-0.39, 0.29) is 23.9 Å². The Balaban J connectivity index is 2.32. The molecule has 0 saturated heterocycles. The van der Waals surface area contributed by atoms with Crippen molar-refractivity contribution >= 4 is 17.8 Å². The van der Waals surface area contributed by atoms with E-state index in [2.05, 4.69) is 37.5 Å². The lowest BCUT2D eigenvalue weighted by atomic mass is 9.92. The molecule has 31 heavy (non-hydrogen) atoms. The summed E-state index contributed by atoms with van der Waals surface area (Å²) in [5.74, 6) is 0.276. The smallest absolute Gasteiger partial charge is 0.317 e. The van der Waals surface area contributed by atoms with E-state index in [0.717, 1.165) is 22.5 Å². The van der Waals surface area contributed by atoms with Crippen LogP contribution in [-0.4, -0.2) is 60.0 Å². The predicted molar refractivity (Wildman–Crippen MR) is 123 cm³/mol. The third kappa shape index (κ3) is 6.55. The van der Waals surface area contributed by atoms with Crippen molar-refractivity contribution in [3.63, 3.8) is 0 Å². The van der Waals surface area contributed by atoms with Gasteiger partial charge in [0.05, 0.1) is 18.0 Å². The summed E-state index contributed by atoms with van der Waals surface area (Å²) in [7, 11) is 1.56. The fraction of sp³-hybridized carbons (Fsp3) is 0.522. The Kier molecular flexibility index (Phi) is 8.21. The lowest BCUT2D eigenvalue weighted by molar-refractivity contribution is -0.116. The van der Waals surface area contributed by atoms with E-state index in [1.165, 1.54) is 4.90 Å². The summed E-state index contributed by atoms with van der Waals surface area (Å²) >= 11 is 0. The molecule has 0 unspecified atom stereocenters. The molecule has 0 aliphatic carbocycles.